The van der Waals surface area contributed by atoms with Crippen LogP contribution in [0.1, 0.15) is 21.5 Å². The van der Waals surface area contributed by atoms with E-state index in [-0.39, 0.29) is 5.82 Å². The normalized spacial score (nSPS) is 11.4. The number of fused-ring (bicyclic) bond motifs is 3. The van der Waals surface area contributed by atoms with Crippen molar-refractivity contribution < 1.29 is 9.18 Å². The minimum atomic E-state index is -0.489. The lowest BCUT2D eigenvalue weighted by molar-refractivity contribution is 0.100. The molecule has 147 valence electrons. The van der Waals surface area contributed by atoms with E-state index in [0.717, 1.165) is 32.2 Å². The van der Waals surface area contributed by atoms with Crippen molar-refractivity contribution in [3.63, 3.8) is 0 Å². The Labute approximate surface area is 177 Å². The van der Waals surface area contributed by atoms with Gasteiger partial charge in [-0.15, -0.1) is 11.3 Å². The van der Waals surface area contributed by atoms with Crippen molar-refractivity contribution in [2.24, 2.45) is 5.73 Å². The van der Waals surface area contributed by atoms with Crippen LogP contribution in [0.5, 0.6) is 0 Å². The molecule has 0 aliphatic rings. The highest BCUT2D eigenvalue weighted by atomic mass is 32.1. The number of hydrogen-bond acceptors (Lipinski definition) is 2. The summed E-state index contributed by atoms with van der Waals surface area (Å²) in [5.74, 6) is -0.700. The van der Waals surface area contributed by atoms with Crippen LogP contribution in [-0.4, -0.2) is 10.5 Å². The summed E-state index contributed by atoms with van der Waals surface area (Å²) in [4.78, 5) is 13.2. The van der Waals surface area contributed by atoms with Crippen molar-refractivity contribution in [2.45, 2.75) is 13.5 Å². The van der Waals surface area contributed by atoms with Crippen LogP contribution in [-0.2, 0) is 6.54 Å². The van der Waals surface area contributed by atoms with Crippen molar-refractivity contribution in [2.75, 3.05) is 0 Å². The molecule has 5 rings (SSSR count). The SMILES string of the molecule is Cc1cccc(Cn2c3cc(-c4cccs4)c[c]c3c3c(C(N)=O)cccc32)c1F. The molecule has 0 spiro atoms. The van der Waals surface area contributed by atoms with Gasteiger partial charge >= 0.3 is 0 Å². The zero-order valence-corrected chi connectivity index (χ0v) is 17.1. The molecule has 0 saturated carbocycles. The zero-order valence-electron chi connectivity index (χ0n) is 16.3. The number of carbonyl (C=O) groups excluding carboxylic acids is 1. The quantitative estimate of drug-likeness (QED) is 0.391. The molecule has 3 nitrogen and oxygen atoms in total. The lowest BCUT2D eigenvalue weighted by atomic mass is 10.0. The molecule has 1 amide bonds. The summed E-state index contributed by atoms with van der Waals surface area (Å²) in [6.07, 6.45) is 0. The molecule has 0 atom stereocenters. The van der Waals surface area contributed by atoms with Crippen LogP contribution >= 0.6 is 11.3 Å². The Kier molecular flexibility index (Phi) is 4.40. The average Bonchev–Trinajstić information content (AvgIpc) is 3.38. The highest BCUT2D eigenvalue weighted by molar-refractivity contribution is 7.13. The fourth-order valence-corrected chi connectivity index (χ4v) is 4.73. The van der Waals surface area contributed by atoms with Gasteiger partial charge in [0.05, 0.1) is 17.6 Å². The monoisotopic (exact) mass is 413 g/mol. The van der Waals surface area contributed by atoms with Gasteiger partial charge in [-0.25, -0.2) is 4.39 Å². The van der Waals surface area contributed by atoms with Gasteiger partial charge in [-0.3, -0.25) is 4.79 Å². The first-order chi connectivity index (χ1) is 14.5. The van der Waals surface area contributed by atoms with Gasteiger partial charge in [0.1, 0.15) is 5.82 Å². The number of carbonyl (C=O) groups is 1. The third-order valence-corrected chi connectivity index (χ3v) is 6.38. The molecule has 1 radical (unpaired) electrons. The van der Waals surface area contributed by atoms with E-state index in [1.54, 1.807) is 36.5 Å². The zero-order chi connectivity index (χ0) is 20.8. The van der Waals surface area contributed by atoms with Crippen LogP contribution in [0.25, 0.3) is 32.2 Å². The summed E-state index contributed by atoms with van der Waals surface area (Å²) in [6.45, 7) is 2.11. The van der Waals surface area contributed by atoms with E-state index in [1.807, 2.05) is 40.3 Å². The highest BCUT2D eigenvalue weighted by Gasteiger charge is 2.18. The maximum absolute atomic E-state index is 14.8. The molecule has 5 aromatic rings. The van der Waals surface area contributed by atoms with Gasteiger partial charge in [0, 0.05) is 26.8 Å². The van der Waals surface area contributed by atoms with E-state index >= 15 is 0 Å². The first kappa shape index (κ1) is 18.6. The predicted octanol–water partition coefficient (Wildman–Crippen LogP) is 5.92. The molecular formula is C25H18FN2OS. The molecule has 0 bridgehead atoms. The van der Waals surface area contributed by atoms with Crippen molar-refractivity contribution in [1.82, 2.24) is 4.57 Å². The summed E-state index contributed by atoms with van der Waals surface area (Å²) in [5, 5.41) is 3.60. The number of amides is 1. The molecule has 0 aliphatic heterocycles. The molecule has 0 aliphatic carbocycles. The van der Waals surface area contributed by atoms with Crippen LogP contribution in [0.4, 0.5) is 4.39 Å². The number of nitrogens with zero attached hydrogens (tertiary/aromatic N) is 1. The van der Waals surface area contributed by atoms with E-state index in [9.17, 15) is 9.18 Å². The van der Waals surface area contributed by atoms with E-state index in [1.165, 1.54) is 0 Å². The molecule has 3 aromatic carbocycles. The Balaban J connectivity index is 1.83. The Morgan fingerprint density at radius 2 is 1.97 bits per heavy atom. The number of nitrogens with two attached hydrogens (primary N) is 1. The topological polar surface area (TPSA) is 48.0 Å². The fourth-order valence-electron chi connectivity index (χ4n) is 4.02. The van der Waals surface area contributed by atoms with Crippen LogP contribution in [0.2, 0.25) is 0 Å². The molecule has 2 aromatic heterocycles. The second-order valence-electron chi connectivity index (χ2n) is 7.32. The molecule has 2 heterocycles. The molecule has 0 fully saturated rings. The Hall–Kier alpha value is -3.44. The number of halogens is 1. The Morgan fingerprint density at radius 1 is 1.13 bits per heavy atom. The van der Waals surface area contributed by atoms with Gasteiger partial charge in [0.25, 0.3) is 0 Å². The number of primary amides is 1. The number of aromatic nitrogens is 1. The molecular weight excluding hydrogens is 395 g/mol. The summed E-state index contributed by atoms with van der Waals surface area (Å²) in [5.41, 5.74) is 10.1. The summed E-state index contributed by atoms with van der Waals surface area (Å²) >= 11 is 1.65. The van der Waals surface area contributed by atoms with Crippen molar-refractivity contribution in [3.05, 3.63) is 94.6 Å². The van der Waals surface area contributed by atoms with Crippen molar-refractivity contribution in [3.8, 4) is 10.4 Å². The van der Waals surface area contributed by atoms with Gasteiger partial charge in [-0.2, -0.15) is 0 Å². The number of aryl methyl sites for hydroxylation is 1. The largest absolute Gasteiger partial charge is 0.366 e. The predicted molar refractivity (Wildman–Crippen MR) is 120 cm³/mol. The van der Waals surface area contributed by atoms with Gasteiger partial charge in [-0.1, -0.05) is 30.3 Å². The van der Waals surface area contributed by atoms with E-state index < -0.39 is 5.91 Å². The van der Waals surface area contributed by atoms with Crippen molar-refractivity contribution in [1.29, 1.82) is 0 Å². The lowest BCUT2D eigenvalue weighted by Gasteiger charge is -2.11. The fraction of sp³-hybridized carbons (Fsp3) is 0.0800. The molecule has 30 heavy (non-hydrogen) atoms. The smallest absolute Gasteiger partial charge is 0.249 e. The number of hydrogen-bond donors (Lipinski definition) is 1. The number of rotatable bonds is 4. The maximum atomic E-state index is 14.8. The standard InChI is InChI=1S/C25H18FN2OS/c1-15-5-2-6-17(24(15)26)14-28-20-8-3-7-19(25(27)29)23(20)18-11-10-16(13-21(18)28)22-9-4-12-30-22/h2-10,12-13H,14H2,1H3,(H2,27,29). The van der Waals surface area contributed by atoms with E-state index in [2.05, 4.69) is 18.2 Å². The Bertz CT molecular complexity index is 1420. The van der Waals surface area contributed by atoms with E-state index in [0.29, 0.717) is 23.2 Å². The van der Waals surface area contributed by atoms with Gasteiger partial charge in [0.15, 0.2) is 0 Å². The average molecular weight is 413 g/mol. The third kappa shape index (κ3) is 2.90. The van der Waals surface area contributed by atoms with Gasteiger partial charge < -0.3 is 10.3 Å². The molecule has 2 N–H and O–H groups in total. The highest BCUT2D eigenvalue weighted by Crippen LogP contribution is 2.35. The lowest BCUT2D eigenvalue weighted by Crippen LogP contribution is -2.11. The van der Waals surface area contributed by atoms with Crippen molar-refractivity contribution >= 4 is 39.0 Å². The first-order valence-electron chi connectivity index (χ1n) is 9.59. The molecule has 0 unspecified atom stereocenters. The van der Waals surface area contributed by atoms with Gasteiger partial charge in [-0.05, 0) is 59.8 Å². The summed E-state index contributed by atoms with van der Waals surface area (Å²) in [6, 6.07) is 22.3. The minimum absolute atomic E-state index is 0.211. The second kappa shape index (κ2) is 7.11. The number of benzene rings is 3. The first-order valence-corrected chi connectivity index (χ1v) is 10.5. The van der Waals surface area contributed by atoms with Gasteiger partial charge in [0.2, 0.25) is 5.91 Å². The maximum Gasteiger partial charge on any atom is 0.249 e. The number of thiophene rings is 1. The second-order valence-corrected chi connectivity index (χ2v) is 8.27. The molecule has 5 heteroatoms. The summed E-state index contributed by atoms with van der Waals surface area (Å²) in [7, 11) is 0. The summed E-state index contributed by atoms with van der Waals surface area (Å²) < 4.78 is 16.9. The van der Waals surface area contributed by atoms with Crippen LogP contribution < -0.4 is 5.73 Å². The minimum Gasteiger partial charge on any atom is -0.366 e. The Morgan fingerprint density at radius 3 is 2.73 bits per heavy atom. The van der Waals surface area contributed by atoms with Crippen LogP contribution in [0, 0.1) is 18.8 Å². The van der Waals surface area contributed by atoms with Crippen LogP contribution in [0.3, 0.4) is 0 Å². The third-order valence-electron chi connectivity index (χ3n) is 5.47. The van der Waals surface area contributed by atoms with Crippen LogP contribution in [0.15, 0.2) is 66.0 Å². The van der Waals surface area contributed by atoms with E-state index in [4.69, 9.17) is 5.73 Å². The molecule has 0 saturated heterocycles.